The molecule has 0 aliphatic heterocycles. The Balaban J connectivity index is 2.77. The molecule has 0 N–H and O–H groups in total. The van der Waals surface area contributed by atoms with Crippen LogP contribution in [0, 0.1) is 0 Å². The lowest BCUT2D eigenvalue weighted by Gasteiger charge is -1.91. The van der Waals surface area contributed by atoms with Crippen LogP contribution in [0.5, 0.6) is 0 Å². The van der Waals surface area contributed by atoms with Gasteiger partial charge in [0.05, 0.1) is 0 Å². The second-order valence-electron chi connectivity index (χ2n) is 2.46. The second kappa shape index (κ2) is 2.99. The van der Waals surface area contributed by atoms with Gasteiger partial charge in [-0.1, -0.05) is 12.1 Å². The van der Waals surface area contributed by atoms with Crippen molar-refractivity contribution in [1.82, 2.24) is 0 Å². The molecule has 1 aromatic carbocycles. The number of hydrogen-bond acceptors (Lipinski definition) is 2. The van der Waals surface area contributed by atoms with Crippen LogP contribution in [0.3, 0.4) is 0 Å². The third kappa shape index (κ3) is 1.19. The lowest BCUT2D eigenvalue weighted by Crippen LogP contribution is -1.75. The molecule has 1 heterocycles. The number of aldehydes is 1. The van der Waals surface area contributed by atoms with Crippen LogP contribution >= 0.6 is 27.3 Å². The molecule has 0 aliphatic carbocycles. The van der Waals surface area contributed by atoms with Gasteiger partial charge >= 0.3 is 0 Å². The maximum Gasteiger partial charge on any atom is 0.150 e. The van der Waals surface area contributed by atoms with E-state index in [1.165, 1.54) is 5.39 Å². The van der Waals surface area contributed by atoms with E-state index in [4.69, 9.17) is 0 Å². The van der Waals surface area contributed by atoms with Crippen molar-refractivity contribution in [3.05, 3.63) is 33.6 Å². The van der Waals surface area contributed by atoms with E-state index >= 15 is 0 Å². The molecule has 0 aliphatic rings. The van der Waals surface area contributed by atoms with E-state index in [0.717, 1.165) is 21.0 Å². The molecule has 0 atom stereocenters. The number of fused-ring (bicyclic) bond motifs is 1. The van der Waals surface area contributed by atoms with Gasteiger partial charge < -0.3 is 0 Å². The van der Waals surface area contributed by atoms with Gasteiger partial charge in [0.25, 0.3) is 0 Å². The van der Waals surface area contributed by atoms with E-state index in [2.05, 4.69) is 15.9 Å². The molecule has 0 saturated heterocycles. The first-order valence-corrected chi connectivity index (χ1v) is 5.10. The zero-order chi connectivity index (χ0) is 8.55. The Hall–Kier alpha value is -0.670. The van der Waals surface area contributed by atoms with Gasteiger partial charge in [-0.3, -0.25) is 4.79 Å². The zero-order valence-corrected chi connectivity index (χ0v) is 8.48. The van der Waals surface area contributed by atoms with Crippen molar-refractivity contribution in [2.45, 2.75) is 0 Å². The Morgan fingerprint density at radius 2 is 2.25 bits per heavy atom. The summed E-state index contributed by atoms with van der Waals surface area (Å²) in [5.74, 6) is 0. The number of benzene rings is 1. The predicted octanol–water partition coefficient (Wildman–Crippen LogP) is 3.48. The van der Waals surface area contributed by atoms with Crippen molar-refractivity contribution in [2.24, 2.45) is 0 Å². The first-order valence-electron chi connectivity index (χ1n) is 3.43. The molecule has 0 saturated carbocycles. The molecular formula is C9H5BrOS. The number of rotatable bonds is 1. The molecule has 0 bridgehead atoms. The van der Waals surface area contributed by atoms with Crippen LogP contribution in [0.4, 0.5) is 0 Å². The maximum atomic E-state index is 10.4. The van der Waals surface area contributed by atoms with E-state index < -0.39 is 0 Å². The summed E-state index contributed by atoms with van der Waals surface area (Å²) in [4.78, 5) is 10.4. The summed E-state index contributed by atoms with van der Waals surface area (Å²) < 4.78 is 2.24. The molecule has 2 aromatic rings. The quantitative estimate of drug-likeness (QED) is 0.698. The summed E-state index contributed by atoms with van der Waals surface area (Å²) in [5.41, 5.74) is 0.733. The molecular weight excluding hydrogens is 236 g/mol. The average molecular weight is 241 g/mol. The lowest BCUT2D eigenvalue weighted by molar-refractivity contribution is 0.112. The molecule has 0 unspecified atom stereocenters. The maximum absolute atomic E-state index is 10.4. The molecule has 2 rings (SSSR count). The zero-order valence-electron chi connectivity index (χ0n) is 6.08. The van der Waals surface area contributed by atoms with Gasteiger partial charge in [-0.05, 0) is 22.0 Å². The molecule has 0 spiro atoms. The minimum atomic E-state index is 0.733. The smallest absolute Gasteiger partial charge is 0.150 e. The number of carbonyl (C=O) groups excluding carboxylic acids is 1. The van der Waals surface area contributed by atoms with Crippen LogP contribution < -0.4 is 0 Å². The summed E-state index contributed by atoms with van der Waals surface area (Å²) >= 11 is 5.07. The van der Waals surface area contributed by atoms with Gasteiger partial charge in [0, 0.05) is 25.5 Å². The summed E-state index contributed by atoms with van der Waals surface area (Å²) in [7, 11) is 0. The number of halogens is 1. The third-order valence-corrected chi connectivity index (χ3v) is 3.59. The fraction of sp³-hybridized carbons (Fsp3) is 0. The van der Waals surface area contributed by atoms with Gasteiger partial charge in [-0.2, -0.15) is 0 Å². The molecule has 0 radical (unpaired) electrons. The Labute approximate surface area is 82.1 Å². The fourth-order valence-electron chi connectivity index (χ4n) is 1.09. The molecule has 60 valence electrons. The normalized spacial score (nSPS) is 10.4. The second-order valence-corrected chi connectivity index (χ2v) is 4.22. The van der Waals surface area contributed by atoms with Crippen molar-refractivity contribution < 1.29 is 4.79 Å². The molecule has 0 fully saturated rings. The lowest BCUT2D eigenvalue weighted by atomic mass is 10.2. The first kappa shape index (κ1) is 7.95. The topological polar surface area (TPSA) is 17.1 Å². The van der Waals surface area contributed by atoms with Gasteiger partial charge in [0.1, 0.15) is 6.29 Å². The van der Waals surface area contributed by atoms with Crippen molar-refractivity contribution in [3.63, 3.8) is 0 Å². The Morgan fingerprint density at radius 1 is 1.42 bits per heavy atom. The van der Waals surface area contributed by atoms with Crippen molar-refractivity contribution in [1.29, 1.82) is 0 Å². The Bertz CT molecular complexity index is 433. The van der Waals surface area contributed by atoms with Crippen molar-refractivity contribution >= 4 is 43.6 Å². The minimum Gasteiger partial charge on any atom is -0.298 e. The van der Waals surface area contributed by atoms with Crippen LogP contribution in [-0.4, -0.2) is 6.29 Å². The van der Waals surface area contributed by atoms with Gasteiger partial charge in [-0.25, -0.2) is 0 Å². The van der Waals surface area contributed by atoms with Crippen molar-refractivity contribution in [3.8, 4) is 0 Å². The number of hydrogen-bond donors (Lipinski definition) is 0. The summed E-state index contributed by atoms with van der Waals surface area (Å²) in [6.45, 7) is 0. The van der Waals surface area contributed by atoms with Gasteiger partial charge in [0.15, 0.2) is 0 Å². The SMILES string of the molecule is O=Cc1ccc2c(Br)csc2c1. The number of thiophene rings is 1. The number of carbonyl (C=O) groups is 1. The molecule has 3 heteroatoms. The Kier molecular flexibility index (Phi) is 1.98. The first-order chi connectivity index (χ1) is 5.81. The molecule has 0 amide bonds. The van der Waals surface area contributed by atoms with E-state index in [1.807, 2.05) is 23.6 Å². The van der Waals surface area contributed by atoms with Crippen LogP contribution in [-0.2, 0) is 0 Å². The fourth-order valence-corrected chi connectivity index (χ4v) is 2.71. The van der Waals surface area contributed by atoms with Gasteiger partial charge in [-0.15, -0.1) is 11.3 Å². The molecule has 12 heavy (non-hydrogen) atoms. The highest BCUT2D eigenvalue weighted by atomic mass is 79.9. The average Bonchev–Trinajstić information content (AvgIpc) is 2.47. The highest BCUT2D eigenvalue weighted by Gasteiger charge is 2.00. The van der Waals surface area contributed by atoms with Crippen LogP contribution in [0.2, 0.25) is 0 Å². The summed E-state index contributed by atoms with van der Waals surface area (Å²) in [6, 6.07) is 5.68. The predicted molar refractivity (Wildman–Crippen MR) is 54.9 cm³/mol. The van der Waals surface area contributed by atoms with Crippen molar-refractivity contribution in [2.75, 3.05) is 0 Å². The summed E-state index contributed by atoms with van der Waals surface area (Å²) in [5, 5.41) is 3.20. The minimum absolute atomic E-state index is 0.733. The molecule has 1 nitrogen and oxygen atoms in total. The monoisotopic (exact) mass is 240 g/mol. The highest BCUT2D eigenvalue weighted by molar-refractivity contribution is 9.10. The van der Waals surface area contributed by atoms with E-state index in [1.54, 1.807) is 11.3 Å². The Morgan fingerprint density at radius 3 is 3.00 bits per heavy atom. The molecule has 1 aromatic heterocycles. The van der Waals surface area contributed by atoms with Gasteiger partial charge in [0.2, 0.25) is 0 Å². The standard InChI is InChI=1S/C9H5BrOS/c10-8-5-12-9-3-6(4-11)1-2-7(8)9/h1-5H. The third-order valence-electron chi connectivity index (χ3n) is 1.69. The van der Waals surface area contributed by atoms with Crippen LogP contribution in [0.1, 0.15) is 10.4 Å². The van der Waals surface area contributed by atoms with E-state index in [0.29, 0.717) is 0 Å². The highest BCUT2D eigenvalue weighted by Crippen LogP contribution is 2.30. The van der Waals surface area contributed by atoms with Crippen LogP contribution in [0.25, 0.3) is 10.1 Å². The van der Waals surface area contributed by atoms with E-state index in [-0.39, 0.29) is 0 Å². The van der Waals surface area contributed by atoms with E-state index in [9.17, 15) is 4.79 Å². The largest absolute Gasteiger partial charge is 0.298 e. The summed E-state index contributed by atoms with van der Waals surface area (Å²) in [6.07, 6.45) is 0.868. The van der Waals surface area contributed by atoms with Crippen LogP contribution in [0.15, 0.2) is 28.1 Å².